The summed E-state index contributed by atoms with van der Waals surface area (Å²) in [6.45, 7) is 4.30. The summed E-state index contributed by atoms with van der Waals surface area (Å²) in [5.41, 5.74) is 1.03. The zero-order valence-electron chi connectivity index (χ0n) is 14.9. The average molecular weight is 374 g/mol. The molecule has 1 heterocycles. The lowest BCUT2D eigenvalue weighted by Crippen LogP contribution is -2.48. The van der Waals surface area contributed by atoms with Gasteiger partial charge in [0.15, 0.2) is 0 Å². The second-order valence-corrected chi connectivity index (χ2v) is 6.87. The van der Waals surface area contributed by atoms with Gasteiger partial charge in [-0.2, -0.15) is 0 Å². The van der Waals surface area contributed by atoms with Crippen LogP contribution in [0.4, 0.5) is 4.79 Å². The van der Waals surface area contributed by atoms with E-state index in [-0.39, 0.29) is 6.04 Å². The Hall–Kier alpha value is -2.08. The number of piperazine rings is 1. The predicted octanol–water partition coefficient (Wildman–Crippen LogP) is 3.42. The van der Waals surface area contributed by atoms with Crippen LogP contribution in [0.3, 0.4) is 0 Å². The highest BCUT2D eigenvalue weighted by molar-refractivity contribution is 6.31. The van der Waals surface area contributed by atoms with E-state index in [1.54, 1.807) is 12.1 Å². The molecule has 6 heteroatoms. The molecule has 1 amide bonds. The third kappa shape index (κ3) is 4.97. The first-order valence-corrected chi connectivity index (χ1v) is 9.19. The van der Waals surface area contributed by atoms with E-state index in [4.69, 9.17) is 16.3 Å². The van der Waals surface area contributed by atoms with Crippen molar-refractivity contribution in [2.75, 3.05) is 39.8 Å². The molecule has 2 aromatic rings. The molecule has 1 atom stereocenters. The summed E-state index contributed by atoms with van der Waals surface area (Å²) in [5.74, 6) is 0.527. The van der Waals surface area contributed by atoms with Crippen LogP contribution in [0.15, 0.2) is 54.6 Å². The van der Waals surface area contributed by atoms with Gasteiger partial charge in [-0.25, -0.2) is 4.79 Å². The predicted molar refractivity (Wildman–Crippen MR) is 104 cm³/mol. The summed E-state index contributed by atoms with van der Waals surface area (Å²) in [6.07, 6.45) is -0.456. The van der Waals surface area contributed by atoms with Crippen molar-refractivity contribution in [3.63, 3.8) is 0 Å². The van der Waals surface area contributed by atoms with Crippen LogP contribution in [0.1, 0.15) is 11.6 Å². The number of amides is 1. The van der Waals surface area contributed by atoms with Crippen molar-refractivity contribution in [2.24, 2.45) is 0 Å². The minimum Gasteiger partial charge on any atom is -0.410 e. The molecule has 0 aromatic heterocycles. The Labute approximate surface area is 159 Å². The number of nitrogens with one attached hydrogen (secondary N) is 1. The van der Waals surface area contributed by atoms with Gasteiger partial charge in [0, 0.05) is 37.7 Å². The molecule has 1 unspecified atom stereocenters. The maximum absolute atomic E-state index is 12.2. The van der Waals surface area contributed by atoms with Crippen LogP contribution < -0.4 is 10.1 Å². The molecular weight excluding hydrogens is 350 g/mol. The van der Waals surface area contributed by atoms with Gasteiger partial charge in [0.25, 0.3) is 0 Å². The first kappa shape index (κ1) is 18.7. The van der Waals surface area contributed by atoms with E-state index < -0.39 is 6.09 Å². The van der Waals surface area contributed by atoms with Crippen LogP contribution in [0.2, 0.25) is 5.02 Å². The molecule has 1 fully saturated rings. The Bertz CT molecular complexity index is 718. The van der Waals surface area contributed by atoms with Crippen LogP contribution in [0.5, 0.6) is 5.75 Å². The Kier molecular flexibility index (Phi) is 6.50. The Balaban J connectivity index is 1.67. The molecule has 1 aliphatic heterocycles. The summed E-state index contributed by atoms with van der Waals surface area (Å²) in [6, 6.07) is 16.9. The number of benzene rings is 2. The lowest BCUT2D eigenvalue weighted by molar-refractivity contribution is 0.109. The van der Waals surface area contributed by atoms with Gasteiger partial charge < -0.3 is 15.0 Å². The molecule has 2 aromatic carbocycles. The van der Waals surface area contributed by atoms with Crippen molar-refractivity contribution in [3.8, 4) is 5.75 Å². The molecule has 0 saturated carbocycles. The second-order valence-electron chi connectivity index (χ2n) is 6.46. The van der Waals surface area contributed by atoms with E-state index in [1.807, 2.05) is 42.5 Å². The Morgan fingerprint density at radius 3 is 2.42 bits per heavy atom. The number of hydrogen-bond acceptors (Lipinski definition) is 4. The van der Waals surface area contributed by atoms with E-state index >= 15 is 0 Å². The standard InChI is InChI=1S/C20H24ClN3O2/c1-23-11-13-24(14-12-23)19(17-9-5-6-10-18(17)21)15-22-20(25)26-16-7-3-2-4-8-16/h2-10,19H,11-15H2,1H3,(H,22,25). The van der Waals surface area contributed by atoms with E-state index in [1.165, 1.54) is 0 Å². The summed E-state index contributed by atoms with van der Waals surface area (Å²) < 4.78 is 5.33. The topological polar surface area (TPSA) is 44.8 Å². The zero-order valence-corrected chi connectivity index (χ0v) is 15.7. The number of para-hydroxylation sites is 1. The molecule has 26 heavy (non-hydrogen) atoms. The van der Waals surface area contributed by atoms with Gasteiger partial charge >= 0.3 is 6.09 Å². The molecule has 3 rings (SSSR count). The third-order valence-electron chi connectivity index (χ3n) is 4.64. The lowest BCUT2D eigenvalue weighted by Gasteiger charge is -2.38. The highest BCUT2D eigenvalue weighted by atomic mass is 35.5. The van der Waals surface area contributed by atoms with E-state index in [0.29, 0.717) is 12.3 Å². The average Bonchev–Trinajstić information content (AvgIpc) is 2.65. The fraction of sp³-hybridized carbons (Fsp3) is 0.350. The summed E-state index contributed by atoms with van der Waals surface area (Å²) in [7, 11) is 2.12. The first-order valence-electron chi connectivity index (χ1n) is 8.81. The van der Waals surface area contributed by atoms with Crippen LogP contribution in [0, 0.1) is 0 Å². The third-order valence-corrected chi connectivity index (χ3v) is 4.98. The fourth-order valence-corrected chi connectivity index (χ4v) is 3.39. The number of carbonyl (C=O) groups is 1. The van der Waals surface area contributed by atoms with Crippen molar-refractivity contribution in [1.82, 2.24) is 15.1 Å². The summed E-state index contributed by atoms with van der Waals surface area (Å²) in [5, 5.41) is 3.61. The van der Waals surface area contributed by atoms with E-state index in [9.17, 15) is 4.79 Å². The smallest absolute Gasteiger partial charge is 0.410 e. The highest BCUT2D eigenvalue weighted by Gasteiger charge is 2.26. The van der Waals surface area contributed by atoms with Crippen molar-refractivity contribution >= 4 is 17.7 Å². The number of nitrogens with zero attached hydrogens (tertiary/aromatic N) is 2. The minimum atomic E-state index is -0.456. The number of hydrogen-bond donors (Lipinski definition) is 1. The Morgan fingerprint density at radius 1 is 1.08 bits per heavy atom. The Morgan fingerprint density at radius 2 is 1.73 bits per heavy atom. The second kappa shape index (κ2) is 9.03. The molecule has 0 spiro atoms. The largest absolute Gasteiger partial charge is 0.412 e. The molecule has 138 valence electrons. The van der Waals surface area contributed by atoms with Crippen LogP contribution >= 0.6 is 11.6 Å². The molecule has 1 saturated heterocycles. The number of halogens is 1. The monoisotopic (exact) mass is 373 g/mol. The number of carbonyl (C=O) groups excluding carboxylic acids is 1. The van der Waals surface area contributed by atoms with Crippen molar-refractivity contribution in [3.05, 3.63) is 65.2 Å². The molecule has 1 N–H and O–H groups in total. The molecular formula is C20H24ClN3O2. The molecule has 5 nitrogen and oxygen atoms in total. The van der Waals surface area contributed by atoms with Crippen LogP contribution in [-0.2, 0) is 0 Å². The number of likely N-dealkylation sites (N-methyl/N-ethyl adjacent to an activating group) is 1. The number of rotatable bonds is 5. The normalized spacial score (nSPS) is 16.8. The van der Waals surface area contributed by atoms with Crippen LogP contribution in [-0.4, -0.2) is 55.7 Å². The minimum absolute atomic E-state index is 0.0146. The van der Waals surface area contributed by atoms with Gasteiger partial charge in [-0.1, -0.05) is 48.0 Å². The van der Waals surface area contributed by atoms with Gasteiger partial charge in [0.05, 0.1) is 6.04 Å². The SMILES string of the molecule is CN1CCN(C(CNC(=O)Oc2ccccc2)c2ccccc2Cl)CC1. The van der Waals surface area contributed by atoms with Crippen LogP contribution in [0.25, 0.3) is 0 Å². The van der Waals surface area contributed by atoms with Gasteiger partial charge in [0.2, 0.25) is 0 Å². The van der Waals surface area contributed by atoms with Gasteiger partial charge in [-0.15, -0.1) is 0 Å². The van der Waals surface area contributed by atoms with Gasteiger partial charge in [0.1, 0.15) is 5.75 Å². The quantitative estimate of drug-likeness (QED) is 0.872. The molecule has 1 aliphatic rings. The summed E-state index contributed by atoms with van der Waals surface area (Å²) >= 11 is 6.43. The van der Waals surface area contributed by atoms with Crippen molar-refractivity contribution in [2.45, 2.75) is 6.04 Å². The van der Waals surface area contributed by atoms with Crippen molar-refractivity contribution < 1.29 is 9.53 Å². The lowest BCUT2D eigenvalue weighted by atomic mass is 10.0. The maximum Gasteiger partial charge on any atom is 0.412 e. The van der Waals surface area contributed by atoms with Gasteiger partial charge in [-0.05, 0) is 30.8 Å². The van der Waals surface area contributed by atoms with Gasteiger partial charge in [-0.3, -0.25) is 4.90 Å². The van der Waals surface area contributed by atoms with E-state index in [2.05, 4.69) is 22.2 Å². The first-order chi connectivity index (χ1) is 12.6. The van der Waals surface area contributed by atoms with Crippen molar-refractivity contribution in [1.29, 1.82) is 0 Å². The van der Waals surface area contributed by atoms with E-state index in [0.717, 1.165) is 36.8 Å². The highest BCUT2D eigenvalue weighted by Crippen LogP contribution is 2.28. The molecule has 0 bridgehead atoms. The summed E-state index contributed by atoms with van der Waals surface area (Å²) in [4.78, 5) is 16.8. The zero-order chi connectivity index (χ0) is 18.4. The maximum atomic E-state index is 12.2. The molecule has 0 radical (unpaired) electrons. The fourth-order valence-electron chi connectivity index (χ4n) is 3.13. The molecule has 0 aliphatic carbocycles. The number of ether oxygens (including phenoxy) is 1.